The average molecular weight is 576 g/mol. The van der Waals surface area contributed by atoms with Gasteiger partial charge in [0.2, 0.25) is 16.0 Å². The second kappa shape index (κ2) is 12.0. The molecule has 2 aromatic rings. The number of halogens is 6. The Kier molecular flexibility index (Phi) is 8.85. The van der Waals surface area contributed by atoms with Crippen molar-refractivity contribution in [2.75, 3.05) is 56.0 Å². The summed E-state index contributed by atoms with van der Waals surface area (Å²) in [6.45, 7) is 4.06. The van der Waals surface area contributed by atoms with Crippen molar-refractivity contribution in [1.29, 1.82) is 5.26 Å². The van der Waals surface area contributed by atoms with Crippen molar-refractivity contribution in [3.63, 3.8) is 0 Å². The minimum atomic E-state index is -4.62. The van der Waals surface area contributed by atoms with Crippen molar-refractivity contribution < 1.29 is 31.1 Å². The molecular weight excluding hydrogens is 548 g/mol. The predicted molar refractivity (Wildman–Crippen MR) is 132 cm³/mol. The van der Waals surface area contributed by atoms with Crippen LogP contribution in [0.3, 0.4) is 0 Å². The molecule has 0 aliphatic carbocycles. The lowest BCUT2D eigenvalue weighted by Crippen LogP contribution is -2.47. The van der Waals surface area contributed by atoms with Gasteiger partial charge in [-0.1, -0.05) is 11.3 Å². The average Bonchev–Trinajstić information content (AvgIpc) is 3.40. The number of carbonyl (C=O) groups excluding carboxylic acids is 1. The monoisotopic (exact) mass is 575 g/mol. The molecule has 0 unspecified atom stereocenters. The molecule has 3 heterocycles. The van der Waals surface area contributed by atoms with Crippen molar-refractivity contribution in [3.8, 4) is 6.07 Å². The zero-order chi connectivity index (χ0) is 28.2. The molecule has 0 atom stereocenters. The summed E-state index contributed by atoms with van der Waals surface area (Å²) in [7, 11) is 0. The summed E-state index contributed by atoms with van der Waals surface area (Å²) in [5.41, 5.74) is -1.11. The Morgan fingerprint density at radius 3 is 2.31 bits per heavy atom. The first-order valence-electron chi connectivity index (χ1n) is 12.5. The van der Waals surface area contributed by atoms with Gasteiger partial charge in [0.15, 0.2) is 0 Å². The first kappa shape index (κ1) is 28.9. The fraction of sp³-hybridized carbons (Fsp3) is 0.583. The molecular formula is C24H27F6N7OS. The summed E-state index contributed by atoms with van der Waals surface area (Å²) in [6.07, 6.45) is -6.91. The SMILES string of the molecule is N#Cc1ccc(NC2CCN(C(=O)CCCN3CCN(c4nnc(C(F)(F)F)s4)CC3)CC2)cc1C(F)(F)F. The number of piperazine rings is 1. The van der Waals surface area contributed by atoms with Gasteiger partial charge in [0.1, 0.15) is 0 Å². The number of carbonyl (C=O) groups is 1. The van der Waals surface area contributed by atoms with Gasteiger partial charge in [-0.05, 0) is 44.0 Å². The van der Waals surface area contributed by atoms with E-state index in [4.69, 9.17) is 5.26 Å². The molecule has 0 spiro atoms. The number of nitriles is 1. The highest BCUT2D eigenvalue weighted by Gasteiger charge is 2.37. The number of benzene rings is 1. The van der Waals surface area contributed by atoms with E-state index in [1.165, 1.54) is 6.07 Å². The Morgan fingerprint density at radius 1 is 1.03 bits per heavy atom. The second-order valence-electron chi connectivity index (χ2n) is 9.49. The van der Waals surface area contributed by atoms with Gasteiger partial charge in [-0.2, -0.15) is 31.6 Å². The maximum atomic E-state index is 13.2. The number of anilines is 2. The molecule has 2 saturated heterocycles. The number of rotatable bonds is 7. The maximum absolute atomic E-state index is 13.2. The molecule has 212 valence electrons. The van der Waals surface area contributed by atoms with Gasteiger partial charge >= 0.3 is 12.4 Å². The van der Waals surface area contributed by atoms with Crippen LogP contribution in [0.5, 0.6) is 0 Å². The van der Waals surface area contributed by atoms with Gasteiger partial charge < -0.3 is 15.1 Å². The summed E-state index contributed by atoms with van der Waals surface area (Å²) in [4.78, 5) is 18.4. The van der Waals surface area contributed by atoms with E-state index in [9.17, 15) is 31.1 Å². The summed E-state index contributed by atoms with van der Waals surface area (Å²) >= 11 is 0.537. The van der Waals surface area contributed by atoms with Crippen molar-refractivity contribution in [2.45, 2.75) is 44.1 Å². The second-order valence-corrected chi connectivity index (χ2v) is 10.4. The molecule has 0 radical (unpaired) electrons. The van der Waals surface area contributed by atoms with E-state index in [1.54, 1.807) is 15.9 Å². The van der Waals surface area contributed by atoms with Gasteiger partial charge in [-0.15, -0.1) is 10.2 Å². The predicted octanol–water partition coefficient (Wildman–Crippen LogP) is 4.45. The number of nitrogens with zero attached hydrogens (tertiary/aromatic N) is 6. The van der Waals surface area contributed by atoms with Crippen LogP contribution in [0, 0.1) is 11.3 Å². The summed E-state index contributed by atoms with van der Waals surface area (Å²) < 4.78 is 77.9. The van der Waals surface area contributed by atoms with Crippen molar-refractivity contribution >= 4 is 28.1 Å². The maximum Gasteiger partial charge on any atom is 0.445 e. The van der Waals surface area contributed by atoms with Crippen LogP contribution in [0.25, 0.3) is 0 Å². The van der Waals surface area contributed by atoms with Crippen LogP contribution in [0.2, 0.25) is 0 Å². The molecule has 8 nitrogen and oxygen atoms in total. The fourth-order valence-corrected chi connectivity index (χ4v) is 5.47. The van der Waals surface area contributed by atoms with Crippen molar-refractivity contribution in [3.05, 3.63) is 34.3 Å². The van der Waals surface area contributed by atoms with Gasteiger partial charge in [0.05, 0.1) is 17.2 Å². The number of alkyl halides is 6. The molecule has 15 heteroatoms. The van der Waals surface area contributed by atoms with Crippen molar-refractivity contribution in [1.82, 2.24) is 20.0 Å². The van der Waals surface area contributed by atoms with Crippen molar-refractivity contribution in [2.24, 2.45) is 0 Å². The Morgan fingerprint density at radius 2 is 1.72 bits per heavy atom. The quantitative estimate of drug-likeness (QED) is 0.488. The molecule has 1 amide bonds. The topological polar surface area (TPSA) is 88.4 Å². The van der Waals surface area contributed by atoms with E-state index in [1.807, 2.05) is 0 Å². The van der Waals surface area contributed by atoms with E-state index >= 15 is 0 Å². The van der Waals surface area contributed by atoms with E-state index < -0.39 is 28.5 Å². The minimum Gasteiger partial charge on any atom is -0.382 e. The molecule has 4 rings (SSSR count). The number of hydrogen-bond donors (Lipinski definition) is 1. The largest absolute Gasteiger partial charge is 0.445 e. The minimum absolute atomic E-state index is 0.0263. The number of hydrogen-bond acceptors (Lipinski definition) is 8. The molecule has 2 aliphatic rings. The Bertz CT molecular complexity index is 1180. The number of aromatic nitrogens is 2. The van der Waals surface area contributed by atoms with Crippen LogP contribution in [0.15, 0.2) is 18.2 Å². The first-order chi connectivity index (χ1) is 18.4. The molecule has 2 aliphatic heterocycles. The number of likely N-dealkylation sites (tertiary alicyclic amines) is 1. The van der Waals surface area contributed by atoms with Crippen LogP contribution in [-0.4, -0.2) is 77.8 Å². The molecule has 1 N–H and O–H groups in total. The normalized spacial score (nSPS) is 17.8. The Hall–Kier alpha value is -3.12. The van der Waals surface area contributed by atoms with Crippen LogP contribution in [0.1, 0.15) is 41.8 Å². The molecule has 0 saturated carbocycles. The van der Waals surface area contributed by atoms with Crippen LogP contribution in [-0.2, 0) is 17.1 Å². The molecule has 39 heavy (non-hydrogen) atoms. The Labute approximate surface area is 225 Å². The highest BCUT2D eigenvalue weighted by atomic mass is 32.1. The molecule has 2 fully saturated rings. The smallest absolute Gasteiger partial charge is 0.382 e. The summed E-state index contributed by atoms with van der Waals surface area (Å²) in [5.74, 6) is 0.0263. The molecule has 0 bridgehead atoms. The highest BCUT2D eigenvalue weighted by molar-refractivity contribution is 7.15. The lowest BCUT2D eigenvalue weighted by Gasteiger charge is -2.35. The zero-order valence-corrected chi connectivity index (χ0v) is 21.7. The van der Waals surface area contributed by atoms with Gasteiger partial charge in [0, 0.05) is 57.4 Å². The lowest BCUT2D eigenvalue weighted by molar-refractivity contribution is -0.138. The third-order valence-electron chi connectivity index (χ3n) is 6.83. The first-order valence-corrected chi connectivity index (χ1v) is 13.3. The lowest BCUT2D eigenvalue weighted by atomic mass is 10.0. The summed E-state index contributed by atoms with van der Waals surface area (Å²) in [6, 6.07) is 5.04. The third kappa shape index (κ3) is 7.51. The third-order valence-corrected chi connectivity index (χ3v) is 7.86. The van der Waals surface area contributed by atoms with Gasteiger partial charge in [-0.25, -0.2) is 0 Å². The number of piperidine rings is 1. The van der Waals surface area contributed by atoms with Gasteiger partial charge in [0.25, 0.3) is 0 Å². The van der Waals surface area contributed by atoms with E-state index in [0.29, 0.717) is 82.8 Å². The Balaban J connectivity index is 1.15. The van der Waals surface area contributed by atoms with Crippen LogP contribution in [0.4, 0.5) is 37.2 Å². The molecule has 1 aromatic heterocycles. The fourth-order valence-electron chi connectivity index (χ4n) is 4.71. The molecule has 1 aromatic carbocycles. The number of nitrogens with one attached hydrogen (secondary N) is 1. The number of amides is 1. The highest BCUT2D eigenvalue weighted by Crippen LogP contribution is 2.35. The standard InChI is InChI=1S/C24H27F6N7OS/c25-23(26,27)19-14-18(4-3-16(19)15-31)32-17-5-8-36(9-6-17)20(38)2-1-7-35-10-12-37(13-11-35)22-34-33-21(39-22)24(28,29)30/h3-4,14,17,32H,1-2,5-13H2. The van der Waals surface area contributed by atoms with E-state index in [-0.39, 0.29) is 22.8 Å². The summed E-state index contributed by atoms with van der Waals surface area (Å²) in [5, 5.41) is 18.2. The van der Waals surface area contributed by atoms with Crippen LogP contribution < -0.4 is 10.2 Å². The van der Waals surface area contributed by atoms with E-state index in [0.717, 1.165) is 12.1 Å². The van der Waals surface area contributed by atoms with E-state index in [2.05, 4.69) is 20.4 Å². The van der Waals surface area contributed by atoms with Gasteiger partial charge in [-0.3, -0.25) is 9.69 Å². The zero-order valence-electron chi connectivity index (χ0n) is 20.9. The van der Waals surface area contributed by atoms with Crippen LogP contribution >= 0.6 is 11.3 Å².